The maximum absolute atomic E-state index is 5.82. The van der Waals surface area contributed by atoms with E-state index in [1.165, 1.54) is 0 Å². The van der Waals surface area contributed by atoms with Gasteiger partial charge in [-0.3, -0.25) is 4.98 Å². The van der Waals surface area contributed by atoms with Crippen LogP contribution in [-0.2, 0) is 10.5 Å². The van der Waals surface area contributed by atoms with Crippen molar-refractivity contribution in [2.24, 2.45) is 9.98 Å². The summed E-state index contributed by atoms with van der Waals surface area (Å²) in [7, 11) is 1.70. The number of rotatable bonds is 7. The zero-order chi connectivity index (χ0) is 16.8. The highest BCUT2D eigenvalue weighted by atomic mass is 32.2. The number of amidine groups is 1. The van der Waals surface area contributed by atoms with Crippen molar-refractivity contribution in [3.05, 3.63) is 47.4 Å². The predicted octanol–water partition coefficient (Wildman–Crippen LogP) is 3.69. The van der Waals surface area contributed by atoms with Crippen LogP contribution in [0.15, 0.2) is 46.2 Å². The molecule has 1 aliphatic heterocycles. The number of ether oxygens (including phenoxy) is 2. The van der Waals surface area contributed by atoms with Crippen LogP contribution in [0.4, 0.5) is 0 Å². The minimum Gasteiger partial charge on any atom is -0.493 e. The van der Waals surface area contributed by atoms with Gasteiger partial charge in [0.2, 0.25) is 0 Å². The van der Waals surface area contributed by atoms with Gasteiger partial charge in [0, 0.05) is 44.1 Å². The minimum atomic E-state index is 0.646. The van der Waals surface area contributed by atoms with E-state index in [0.717, 1.165) is 52.2 Å². The zero-order valence-corrected chi connectivity index (χ0v) is 14.8. The fourth-order valence-electron chi connectivity index (χ4n) is 2.43. The molecule has 2 heterocycles. The molecule has 0 radical (unpaired) electrons. The number of allylic oxidation sites excluding steroid dienone is 4. The Morgan fingerprint density at radius 1 is 1.25 bits per heavy atom. The number of nitrogens with zero attached hydrogens (tertiary/aromatic N) is 3. The molecule has 0 amide bonds. The largest absolute Gasteiger partial charge is 0.493 e. The molecule has 2 aliphatic rings. The van der Waals surface area contributed by atoms with Gasteiger partial charge in [0.1, 0.15) is 5.75 Å². The molecule has 1 aromatic rings. The van der Waals surface area contributed by atoms with Crippen molar-refractivity contribution in [2.45, 2.75) is 25.5 Å². The van der Waals surface area contributed by atoms with Crippen LogP contribution in [0.25, 0.3) is 0 Å². The van der Waals surface area contributed by atoms with Gasteiger partial charge < -0.3 is 9.47 Å². The Hall–Kier alpha value is -1.92. The van der Waals surface area contributed by atoms with Crippen molar-refractivity contribution < 1.29 is 9.47 Å². The smallest absolute Gasteiger partial charge is 0.188 e. The number of aliphatic imine (C=N–C) groups is 2. The van der Waals surface area contributed by atoms with E-state index < -0.39 is 0 Å². The van der Waals surface area contributed by atoms with Crippen molar-refractivity contribution in [1.82, 2.24) is 4.98 Å². The van der Waals surface area contributed by atoms with E-state index in [4.69, 9.17) is 9.47 Å². The van der Waals surface area contributed by atoms with Gasteiger partial charge in [-0.1, -0.05) is 23.9 Å². The molecule has 5 nitrogen and oxygen atoms in total. The van der Waals surface area contributed by atoms with Crippen molar-refractivity contribution in [3.8, 4) is 5.75 Å². The summed E-state index contributed by atoms with van der Waals surface area (Å²) in [5.41, 5.74) is 4.13. The summed E-state index contributed by atoms with van der Waals surface area (Å²) in [5.74, 6) is 1.62. The Morgan fingerprint density at radius 3 is 3.00 bits per heavy atom. The van der Waals surface area contributed by atoms with E-state index in [2.05, 4.69) is 21.0 Å². The van der Waals surface area contributed by atoms with Crippen LogP contribution in [0.3, 0.4) is 0 Å². The lowest BCUT2D eigenvalue weighted by atomic mass is 10.1. The molecule has 0 bridgehead atoms. The summed E-state index contributed by atoms with van der Waals surface area (Å²) in [6.45, 7) is 3.40. The molecule has 6 heteroatoms. The summed E-state index contributed by atoms with van der Waals surface area (Å²) < 4.78 is 10.9. The van der Waals surface area contributed by atoms with Gasteiger partial charge in [-0.2, -0.15) is 0 Å². The van der Waals surface area contributed by atoms with E-state index >= 15 is 0 Å². The summed E-state index contributed by atoms with van der Waals surface area (Å²) in [6, 6.07) is 1.91. The number of fused-ring (bicyclic) bond motifs is 1. The normalized spacial score (nSPS) is 15.7. The molecule has 0 unspecified atom stereocenters. The van der Waals surface area contributed by atoms with Gasteiger partial charge in [-0.25, -0.2) is 9.98 Å². The lowest BCUT2D eigenvalue weighted by Crippen LogP contribution is -2.04. The van der Waals surface area contributed by atoms with Gasteiger partial charge in [-0.05, 0) is 19.1 Å². The Bertz CT molecular complexity index is 723. The first-order valence-corrected chi connectivity index (χ1v) is 8.99. The van der Waals surface area contributed by atoms with Gasteiger partial charge in [0.25, 0.3) is 0 Å². The summed E-state index contributed by atoms with van der Waals surface area (Å²) >= 11 is 1.61. The van der Waals surface area contributed by atoms with Crippen molar-refractivity contribution >= 4 is 22.6 Å². The van der Waals surface area contributed by atoms with Crippen LogP contribution >= 0.6 is 11.8 Å². The van der Waals surface area contributed by atoms with E-state index in [0.29, 0.717) is 13.2 Å². The van der Waals surface area contributed by atoms with E-state index in [-0.39, 0.29) is 0 Å². The molecule has 0 N–H and O–H groups in total. The Labute approximate surface area is 146 Å². The molecule has 1 aliphatic carbocycles. The quantitative estimate of drug-likeness (QED) is 0.709. The van der Waals surface area contributed by atoms with E-state index in [1.807, 2.05) is 25.1 Å². The zero-order valence-electron chi connectivity index (χ0n) is 14.0. The summed E-state index contributed by atoms with van der Waals surface area (Å²) in [4.78, 5) is 13.6. The Morgan fingerprint density at radius 2 is 2.17 bits per heavy atom. The average Bonchev–Trinajstić information content (AvgIpc) is 3.02. The highest BCUT2D eigenvalue weighted by Crippen LogP contribution is 2.27. The number of pyridine rings is 1. The molecule has 0 aromatic carbocycles. The first-order valence-electron chi connectivity index (χ1n) is 8.00. The molecule has 0 saturated carbocycles. The Balaban J connectivity index is 1.59. The van der Waals surface area contributed by atoms with Gasteiger partial charge in [0.05, 0.1) is 23.7 Å². The number of methoxy groups -OCH3 is 1. The molecular formula is C18H21N3O2S. The third kappa shape index (κ3) is 4.13. The van der Waals surface area contributed by atoms with Crippen molar-refractivity contribution in [1.29, 1.82) is 0 Å². The first-order chi connectivity index (χ1) is 11.8. The number of aromatic nitrogens is 1. The summed E-state index contributed by atoms with van der Waals surface area (Å²) in [5, 5.41) is 0.813. The molecule has 0 atom stereocenters. The standard InChI is InChI=1S/C18H21N3O2S/c1-13-16(19-9-8-17(13)23-11-5-10-22-2)12-24-18-20-14-6-3-4-7-15(14)21-18/h3-4,6,8-9H,5,7,10-12H2,1-2H3. The number of thioether (sulfide) groups is 1. The number of hydrogen-bond donors (Lipinski definition) is 0. The first kappa shape index (κ1) is 16.9. The lowest BCUT2D eigenvalue weighted by Gasteiger charge is -2.11. The van der Waals surface area contributed by atoms with Gasteiger partial charge in [0.15, 0.2) is 5.17 Å². The molecule has 0 spiro atoms. The Kier molecular flexibility index (Phi) is 5.82. The van der Waals surface area contributed by atoms with Crippen LogP contribution in [0.1, 0.15) is 24.1 Å². The highest BCUT2D eigenvalue weighted by molar-refractivity contribution is 8.13. The van der Waals surface area contributed by atoms with Crippen molar-refractivity contribution in [2.75, 3.05) is 20.3 Å². The molecular weight excluding hydrogens is 322 g/mol. The van der Waals surface area contributed by atoms with Gasteiger partial charge >= 0.3 is 0 Å². The minimum absolute atomic E-state index is 0.646. The molecule has 126 valence electrons. The molecule has 3 rings (SSSR count). The van der Waals surface area contributed by atoms with Crippen LogP contribution in [0, 0.1) is 6.92 Å². The van der Waals surface area contributed by atoms with Crippen LogP contribution < -0.4 is 4.74 Å². The third-order valence-electron chi connectivity index (χ3n) is 3.79. The lowest BCUT2D eigenvalue weighted by molar-refractivity contribution is 0.172. The topological polar surface area (TPSA) is 56.1 Å². The maximum Gasteiger partial charge on any atom is 0.188 e. The second-order valence-electron chi connectivity index (χ2n) is 5.50. The SMILES string of the molecule is COCCCOc1ccnc(CSC2=NC3=CC=CCC3=N2)c1C. The van der Waals surface area contributed by atoms with Crippen LogP contribution in [0.2, 0.25) is 0 Å². The molecule has 0 fully saturated rings. The maximum atomic E-state index is 5.82. The second kappa shape index (κ2) is 8.26. The molecule has 0 saturated heterocycles. The summed E-state index contributed by atoms with van der Waals surface area (Å²) in [6.07, 6.45) is 9.67. The number of hydrogen-bond acceptors (Lipinski definition) is 6. The van der Waals surface area contributed by atoms with E-state index in [9.17, 15) is 0 Å². The van der Waals surface area contributed by atoms with Crippen LogP contribution in [-0.4, -0.2) is 36.2 Å². The third-order valence-corrected chi connectivity index (χ3v) is 4.65. The van der Waals surface area contributed by atoms with Crippen molar-refractivity contribution in [3.63, 3.8) is 0 Å². The fourth-order valence-corrected chi connectivity index (χ4v) is 3.33. The van der Waals surface area contributed by atoms with Gasteiger partial charge in [-0.15, -0.1) is 0 Å². The predicted molar refractivity (Wildman–Crippen MR) is 99.0 cm³/mol. The average molecular weight is 343 g/mol. The van der Waals surface area contributed by atoms with Crippen LogP contribution in [0.5, 0.6) is 5.75 Å². The monoisotopic (exact) mass is 343 g/mol. The molecule has 1 aromatic heterocycles. The highest BCUT2D eigenvalue weighted by Gasteiger charge is 2.17. The van der Waals surface area contributed by atoms with E-state index in [1.54, 1.807) is 25.1 Å². The second-order valence-corrected chi connectivity index (χ2v) is 6.44. The fraction of sp³-hybridized carbons (Fsp3) is 0.389. The molecule has 24 heavy (non-hydrogen) atoms.